The zero-order valence-corrected chi connectivity index (χ0v) is 21.7. The van der Waals surface area contributed by atoms with Gasteiger partial charge in [-0.15, -0.1) is 0 Å². The average Bonchev–Trinajstić information content (AvgIpc) is 3.25. The molecule has 1 aliphatic rings. The van der Waals surface area contributed by atoms with Gasteiger partial charge < -0.3 is 25.0 Å². The summed E-state index contributed by atoms with van der Waals surface area (Å²) in [7, 11) is 3.32. The highest BCUT2D eigenvalue weighted by molar-refractivity contribution is 6.01. The summed E-state index contributed by atoms with van der Waals surface area (Å²) in [5.41, 5.74) is 3.41. The molecule has 0 aliphatic carbocycles. The fourth-order valence-corrected chi connectivity index (χ4v) is 3.92. The number of ether oxygens (including phenoxy) is 2. The Morgan fingerprint density at radius 1 is 0.868 bits per heavy atom. The van der Waals surface area contributed by atoms with Gasteiger partial charge in [0.15, 0.2) is 5.82 Å². The summed E-state index contributed by atoms with van der Waals surface area (Å²) < 4.78 is 10.3. The van der Waals surface area contributed by atoms with Gasteiger partial charge in [-0.05, 0) is 35.2 Å². The summed E-state index contributed by atoms with van der Waals surface area (Å²) in [6, 6.07) is 15.7. The van der Waals surface area contributed by atoms with Crippen LogP contribution in [0.15, 0.2) is 48.5 Å². The van der Waals surface area contributed by atoms with Crippen LogP contribution in [0.25, 0.3) is 0 Å². The number of aromatic nitrogens is 3. The molecule has 0 bridgehead atoms. The van der Waals surface area contributed by atoms with Crippen molar-refractivity contribution >= 4 is 17.9 Å². The van der Waals surface area contributed by atoms with Crippen LogP contribution in [0.4, 0.5) is 10.7 Å². The number of hydrogen-bond acceptors (Lipinski definition) is 9. The van der Waals surface area contributed by atoms with Gasteiger partial charge in [-0.25, -0.2) is 9.78 Å². The molecule has 4 rings (SSSR count). The first-order chi connectivity index (χ1) is 18.5. The molecule has 2 aromatic carbocycles. The van der Waals surface area contributed by atoms with Crippen LogP contribution in [0.5, 0.6) is 5.75 Å². The molecule has 1 aromatic heterocycles. The molecule has 0 spiro atoms. The maximum Gasteiger partial charge on any atom is 0.324 e. The first kappa shape index (κ1) is 27.0. The Labute approximate surface area is 222 Å². The Kier molecular flexibility index (Phi) is 9.54. The summed E-state index contributed by atoms with van der Waals surface area (Å²) in [5, 5.41) is 8.87. The van der Waals surface area contributed by atoms with Crippen molar-refractivity contribution in [3.05, 3.63) is 76.9 Å². The molecule has 200 valence electrons. The molecule has 0 atom stereocenters. The predicted molar refractivity (Wildman–Crippen MR) is 142 cm³/mol. The lowest BCUT2D eigenvalue weighted by Gasteiger charge is -2.14. The molecule has 38 heavy (non-hydrogen) atoms. The highest BCUT2D eigenvalue weighted by Crippen LogP contribution is 2.14. The Bertz CT molecular complexity index is 1220. The molecule has 3 aromatic rings. The van der Waals surface area contributed by atoms with E-state index < -0.39 is 6.03 Å². The number of anilines is 1. The van der Waals surface area contributed by atoms with Gasteiger partial charge in [-0.2, -0.15) is 9.97 Å². The van der Waals surface area contributed by atoms with Crippen LogP contribution < -0.4 is 20.7 Å². The van der Waals surface area contributed by atoms with Gasteiger partial charge in [-0.1, -0.05) is 36.4 Å². The SMILES string of the molecule is COCCNCc1ccc(CCc2nc(CN3CC(=O)NC3=O)nc(NCc3ccc(OC)cc3)n2)cc1. The van der Waals surface area contributed by atoms with Crippen molar-refractivity contribution in [2.75, 3.05) is 39.2 Å². The van der Waals surface area contributed by atoms with E-state index in [0.29, 0.717) is 37.2 Å². The summed E-state index contributed by atoms with van der Waals surface area (Å²) in [5.74, 6) is 1.91. The second-order valence-corrected chi connectivity index (χ2v) is 8.89. The molecule has 3 amide bonds. The highest BCUT2D eigenvalue weighted by Gasteiger charge is 2.27. The standard InChI is InChI=1S/C27H33N7O4/c1-37-14-13-28-15-20-5-3-19(4-6-20)9-12-23-30-24(17-34-18-25(35)33-27(34)36)32-26(31-23)29-16-21-7-10-22(38-2)11-8-21/h3-8,10-11,28H,9,12-18H2,1-2H3,(H,33,35,36)(H,29,30,31,32). The number of methoxy groups -OCH3 is 2. The Morgan fingerprint density at radius 3 is 2.24 bits per heavy atom. The minimum absolute atomic E-state index is 0.0128. The second-order valence-electron chi connectivity index (χ2n) is 8.89. The van der Waals surface area contributed by atoms with Gasteiger partial charge in [0, 0.05) is 33.2 Å². The predicted octanol–water partition coefficient (Wildman–Crippen LogP) is 2.07. The molecule has 0 saturated carbocycles. The van der Waals surface area contributed by atoms with Crippen molar-refractivity contribution in [3.8, 4) is 5.75 Å². The number of imide groups is 1. The third-order valence-electron chi connectivity index (χ3n) is 6.01. The van der Waals surface area contributed by atoms with Gasteiger partial charge in [-0.3, -0.25) is 10.1 Å². The van der Waals surface area contributed by atoms with Crippen molar-refractivity contribution in [1.82, 2.24) is 30.5 Å². The summed E-state index contributed by atoms with van der Waals surface area (Å²) in [4.78, 5) is 38.7. The molecule has 0 radical (unpaired) electrons. The Morgan fingerprint density at radius 2 is 1.55 bits per heavy atom. The number of nitrogens with zero attached hydrogens (tertiary/aromatic N) is 4. The van der Waals surface area contributed by atoms with Crippen LogP contribution in [0.3, 0.4) is 0 Å². The van der Waals surface area contributed by atoms with E-state index in [1.54, 1.807) is 14.2 Å². The number of carbonyl (C=O) groups is 2. The number of rotatable bonds is 14. The van der Waals surface area contributed by atoms with Crippen molar-refractivity contribution in [3.63, 3.8) is 0 Å². The van der Waals surface area contributed by atoms with Gasteiger partial charge >= 0.3 is 6.03 Å². The van der Waals surface area contributed by atoms with Crippen molar-refractivity contribution < 1.29 is 19.1 Å². The van der Waals surface area contributed by atoms with Gasteiger partial charge in [0.2, 0.25) is 11.9 Å². The minimum atomic E-state index is -0.443. The van der Waals surface area contributed by atoms with Crippen LogP contribution in [-0.2, 0) is 42.0 Å². The molecule has 1 aliphatic heterocycles. The quantitative estimate of drug-likeness (QED) is 0.216. The fourth-order valence-electron chi connectivity index (χ4n) is 3.92. The molecular weight excluding hydrogens is 486 g/mol. The van der Waals surface area contributed by atoms with E-state index in [9.17, 15) is 9.59 Å². The fraction of sp³-hybridized carbons (Fsp3) is 0.370. The third-order valence-corrected chi connectivity index (χ3v) is 6.01. The van der Waals surface area contributed by atoms with E-state index in [0.717, 1.165) is 30.8 Å². The van der Waals surface area contributed by atoms with E-state index in [2.05, 4.69) is 55.2 Å². The molecule has 11 heteroatoms. The molecule has 0 unspecified atom stereocenters. The second kappa shape index (κ2) is 13.5. The first-order valence-electron chi connectivity index (χ1n) is 12.5. The van der Waals surface area contributed by atoms with Gasteiger partial charge in [0.1, 0.15) is 18.1 Å². The molecule has 1 fully saturated rings. The smallest absolute Gasteiger partial charge is 0.324 e. The molecular formula is C27H33N7O4. The van der Waals surface area contributed by atoms with Crippen LogP contribution in [-0.4, -0.2) is 65.7 Å². The Balaban J connectivity index is 1.42. The monoisotopic (exact) mass is 519 g/mol. The largest absolute Gasteiger partial charge is 0.497 e. The van der Waals surface area contributed by atoms with Gasteiger partial charge in [0.05, 0.1) is 20.3 Å². The number of urea groups is 1. The van der Waals surface area contributed by atoms with Crippen LogP contribution in [0.2, 0.25) is 0 Å². The zero-order valence-electron chi connectivity index (χ0n) is 21.7. The van der Waals surface area contributed by atoms with E-state index in [1.165, 1.54) is 16.0 Å². The van der Waals surface area contributed by atoms with Crippen LogP contribution in [0.1, 0.15) is 28.3 Å². The third kappa shape index (κ3) is 7.95. The maximum atomic E-state index is 12.0. The van der Waals surface area contributed by atoms with Crippen molar-refractivity contribution in [2.45, 2.75) is 32.5 Å². The normalized spacial score (nSPS) is 13.1. The summed E-state index contributed by atoms with van der Waals surface area (Å²) >= 11 is 0. The number of benzene rings is 2. The number of aryl methyl sites for hydroxylation is 2. The minimum Gasteiger partial charge on any atom is -0.497 e. The average molecular weight is 520 g/mol. The van der Waals surface area contributed by atoms with E-state index in [1.807, 2.05) is 24.3 Å². The maximum absolute atomic E-state index is 12.0. The van der Waals surface area contributed by atoms with Crippen LogP contribution >= 0.6 is 0 Å². The summed E-state index contributed by atoms with van der Waals surface area (Å²) in [6.45, 7) is 2.89. The lowest BCUT2D eigenvalue weighted by Crippen LogP contribution is -2.29. The lowest BCUT2D eigenvalue weighted by atomic mass is 10.1. The van der Waals surface area contributed by atoms with Crippen LogP contribution in [0, 0.1) is 0 Å². The number of amides is 3. The molecule has 11 nitrogen and oxygen atoms in total. The zero-order chi connectivity index (χ0) is 26.7. The highest BCUT2D eigenvalue weighted by atomic mass is 16.5. The van der Waals surface area contributed by atoms with Crippen molar-refractivity contribution in [1.29, 1.82) is 0 Å². The van der Waals surface area contributed by atoms with E-state index in [4.69, 9.17) is 9.47 Å². The topological polar surface area (TPSA) is 131 Å². The van der Waals surface area contributed by atoms with Crippen molar-refractivity contribution in [2.24, 2.45) is 0 Å². The molecule has 1 saturated heterocycles. The summed E-state index contributed by atoms with van der Waals surface area (Å²) in [6.07, 6.45) is 1.35. The number of nitrogens with one attached hydrogen (secondary N) is 3. The molecule has 2 heterocycles. The number of hydrogen-bond donors (Lipinski definition) is 3. The number of carbonyl (C=O) groups excluding carboxylic acids is 2. The first-order valence-corrected chi connectivity index (χ1v) is 12.5. The molecule has 3 N–H and O–H groups in total. The van der Waals surface area contributed by atoms with Gasteiger partial charge in [0.25, 0.3) is 0 Å². The Hall–Kier alpha value is -4.09. The lowest BCUT2D eigenvalue weighted by molar-refractivity contribution is -0.118. The van der Waals surface area contributed by atoms with E-state index >= 15 is 0 Å². The van der Waals surface area contributed by atoms with E-state index in [-0.39, 0.29) is 19.0 Å².